The summed E-state index contributed by atoms with van der Waals surface area (Å²) in [5.74, 6) is -0.0128. The quantitative estimate of drug-likeness (QED) is 0.303. The molecule has 0 amide bonds. The number of hydrogen-bond acceptors (Lipinski definition) is 3. The third-order valence-corrected chi connectivity index (χ3v) is 3.75. The molecule has 1 aromatic carbocycles. The van der Waals surface area contributed by atoms with Crippen LogP contribution in [0.5, 0.6) is 11.5 Å². The van der Waals surface area contributed by atoms with Crippen molar-refractivity contribution in [3.63, 3.8) is 0 Å². The van der Waals surface area contributed by atoms with Crippen LogP contribution in [0, 0.1) is 0 Å². The fraction of sp³-hybridized carbons (Fsp3) is 0.429. The number of unbranched alkanes of at least 4 members (excludes halogenated alkanes) is 4. The van der Waals surface area contributed by atoms with E-state index in [9.17, 15) is 10.2 Å². The van der Waals surface area contributed by atoms with Crippen LogP contribution < -0.4 is 0 Å². The smallest absolute Gasteiger partial charge is 0.160 e. The van der Waals surface area contributed by atoms with Crippen molar-refractivity contribution in [2.24, 2.45) is 0 Å². The Bertz CT molecular complexity index is 542. The maximum Gasteiger partial charge on any atom is 0.160 e. The summed E-state index contributed by atoms with van der Waals surface area (Å²) in [5.41, 5.74) is 0.823. The first-order valence-corrected chi connectivity index (χ1v) is 8.77. The Labute approximate surface area is 145 Å². The zero-order chi connectivity index (χ0) is 17.6. The highest BCUT2D eigenvalue weighted by atomic mass is 16.3. The van der Waals surface area contributed by atoms with Crippen molar-refractivity contribution in [2.45, 2.75) is 58.0 Å². The zero-order valence-corrected chi connectivity index (χ0v) is 14.6. The molecule has 0 aromatic heterocycles. The Morgan fingerprint density at radius 2 is 1.62 bits per heavy atom. The van der Waals surface area contributed by atoms with Gasteiger partial charge in [-0.1, -0.05) is 61.4 Å². The first kappa shape index (κ1) is 20.0. The van der Waals surface area contributed by atoms with Crippen molar-refractivity contribution in [1.82, 2.24) is 0 Å². The van der Waals surface area contributed by atoms with E-state index in [1.54, 1.807) is 13.0 Å². The number of rotatable bonds is 11. The van der Waals surface area contributed by atoms with Gasteiger partial charge in [0.25, 0.3) is 0 Å². The molecule has 1 unspecified atom stereocenters. The second-order valence-corrected chi connectivity index (χ2v) is 6.06. The van der Waals surface area contributed by atoms with Crippen LogP contribution in [0.1, 0.15) is 51.0 Å². The maximum absolute atomic E-state index is 9.72. The molecule has 0 heterocycles. The van der Waals surface area contributed by atoms with Crippen molar-refractivity contribution in [1.29, 1.82) is 0 Å². The lowest BCUT2D eigenvalue weighted by Gasteiger charge is -2.05. The summed E-state index contributed by atoms with van der Waals surface area (Å²) < 4.78 is 0. The van der Waals surface area contributed by atoms with Crippen LogP contribution in [0.25, 0.3) is 0 Å². The molecule has 0 aliphatic carbocycles. The van der Waals surface area contributed by atoms with E-state index in [-0.39, 0.29) is 17.6 Å². The molecule has 0 aliphatic heterocycles. The molecule has 0 saturated heterocycles. The largest absolute Gasteiger partial charge is 0.504 e. The molecular weight excluding hydrogens is 300 g/mol. The number of aliphatic hydroxyl groups is 1. The Balaban J connectivity index is 2.04. The highest BCUT2D eigenvalue weighted by molar-refractivity contribution is 5.44. The van der Waals surface area contributed by atoms with Gasteiger partial charge in [0.15, 0.2) is 11.5 Å². The Kier molecular flexibility index (Phi) is 10.4. The van der Waals surface area contributed by atoms with E-state index < -0.39 is 0 Å². The molecule has 1 rings (SSSR count). The molecule has 3 nitrogen and oxygen atoms in total. The monoisotopic (exact) mass is 330 g/mol. The predicted molar refractivity (Wildman–Crippen MR) is 100 cm³/mol. The summed E-state index contributed by atoms with van der Waals surface area (Å²) in [6, 6.07) is 5.13. The normalized spacial score (nSPS) is 13.4. The van der Waals surface area contributed by atoms with Gasteiger partial charge in [0.05, 0.1) is 6.10 Å². The SMILES string of the molecule is CC(O)C\C=C/C=C/C=C/CCCCCCc1cccc(O)c1O. The van der Waals surface area contributed by atoms with Crippen molar-refractivity contribution < 1.29 is 15.3 Å². The molecule has 1 atom stereocenters. The van der Waals surface area contributed by atoms with Crippen LogP contribution in [-0.2, 0) is 6.42 Å². The lowest BCUT2D eigenvalue weighted by atomic mass is 10.0. The van der Waals surface area contributed by atoms with E-state index in [0.29, 0.717) is 6.42 Å². The first-order valence-electron chi connectivity index (χ1n) is 8.77. The van der Waals surface area contributed by atoms with Crippen LogP contribution in [0.2, 0.25) is 0 Å². The van der Waals surface area contributed by atoms with E-state index in [1.165, 1.54) is 12.5 Å². The van der Waals surface area contributed by atoms with Crippen LogP contribution in [-0.4, -0.2) is 21.4 Å². The predicted octanol–water partition coefficient (Wildman–Crippen LogP) is 5.03. The van der Waals surface area contributed by atoms with Gasteiger partial charge in [-0.2, -0.15) is 0 Å². The number of phenols is 2. The average molecular weight is 330 g/mol. The zero-order valence-electron chi connectivity index (χ0n) is 14.6. The third kappa shape index (κ3) is 9.21. The molecule has 0 saturated carbocycles. The van der Waals surface area contributed by atoms with E-state index >= 15 is 0 Å². The second kappa shape index (κ2) is 12.4. The summed E-state index contributed by atoms with van der Waals surface area (Å²) in [4.78, 5) is 0. The molecule has 0 bridgehead atoms. The minimum Gasteiger partial charge on any atom is -0.504 e. The summed E-state index contributed by atoms with van der Waals surface area (Å²) >= 11 is 0. The molecule has 3 N–H and O–H groups in total. The van der Waals surface area contributed by atoms with Crippen LogP contribution in [0.15, 0.2) is 54.7 Å². The number of aromatic hydroxyl groups is 2. The number of hydrogen-bond donors (Lipinski definition) is 3. The summed E-state index contributed by atoms with van der Waals surface area (Å²) in [5, 5.41) is 28.2. The van der Waals surface area contributed by atoms with Crippen LogP contribution >= 0.6 is 0 Å². The standard InChI is InChI=1S/C21H30O3/c1-18(22)14-11-9-7-5-3-2-4-6-8-10-12-15-19-16-13-17-20(23)21(19)24/h2-3,5,7,9,11,13,16-18,22-24H,4,6,8,10,12,14-15H2,1H3/b3-2+,7-5+,11-9-. The van der Waals surface area contributed by atoms with E-state index in [1.807, 2.05) is 30.4 Å². The number of aliphatic hydroxyl groups excluding tert-OH is 1. The molecule has 0 fully saturated rings. The topological polar surface area (TPSA) is 60.7 Å². The van der Waals surface area contributed by atoms with Crippen molar-refractivity contribution in [3.05, 3.63) is 60.2 Å². The number of aryl methyl sites for hydroxylation is 1. The van der Waals surface area contributed by atoms with Crippen LogP contribution in [0.3, 0.4) is 0 Å². The lowest BCUT2D eigenvalue weighted by Crippen LogP contribution is -1.94. The third-order valence-electron chi connectivity index (χ3n) is 3.75. The summed E-state index contributed by atoms with van der Waals surface area (Å²) in [6.45, 7) is 1.78. The summed E-state index contributed by atoms with van der Waals surface area (Å²) in [6.07, 6.45) is 18.9. The molecule has 0 spiro atoms. The first-order chi connectivity index (χ1) is 11.6. The van der Waals surface area contributed by atoms with Gasteiger partial charge in [-0.15, -0.1) is 0 Å². The fourth-order valence-electron chi connectivity index (χ4n) is 2.37. The minimum atomic E-state index is -0.276. The number of para-hydroxylation sites is 1. The molecular formula is C21H30O3. The second-order valence-electron chi connectivity index (χ2n) is 6.06. The average Bonchev–Trinajstić information content (AvgIpc) is 2.55. The van der Waals surface area contributed by atoms with Gasteiger partial charge >= 0.3 is 0 Å². The van der Waals surface area contributed by atoms with E-state index in [2.05, 4.69) is 12.2 Å². The van der Waals surface area contributed by atoms with Crippen molar-refractivity contribution in [3.8, 4) is 11.5 Å². The van der Waals surface area contributed by atoms with E-state index in [0.717, 1.165) is 37.7 Å². The van der Waals surface area contributed by atoms with E-state index in [4.69, 9.17) is 5.11 Å². The fourth-order valence-corrected chi connectivity index (χ4v) is 2.37. The number of benzene rings is 1. The molecule has 132 valence electrons. The van der Waals surface area contributed by atoms with Crippen LogP contribution in [0.4, 0.5) is 0 Å². The molecule has 0 aliphatic rings. The Morgan fingerprint density at radius 1 is 0.917 bits per heavy atom. The van der Waals surface area contributed by atoms with Gasteiger partial charge in [0, 0.05) is 0 Å². The van der Waals surface area contributed by atoms with Gasteiger partial charge in [0.2, 0.25) is 0 Å². The van der Waals surface area contributed by atoms with Gasteiger partial charge in [-0.25, -0.2) is 0 Å². The van der Waals surface area contributed by atoms with Crippen molar-refractivity contribution >= 4 is 0 Å². The van der Waals surface area contributed by atoms with Gasteiger partial charge in [-0.05, 0) is 50.7 Å². The van der Waals surface area contributed by atoms with Gasteiger partial charge in [0.1, 0.15) is 0 Å². The highest BCUT2D eigenvalue weighted by Crippen LogP contribution is 2.29. The Hall–Kier alpha value is -2.00. The molecule has 24 heavy (non-hydrogen) atoms. The van der Waals surface area contributed by atoms with Gasteiger partial charge in [-0.3, -0.25) is 0 Å². The molecule has 0 radical (unpaired) electrons. The Morgan fingerprint density at radius 3 is 2.38 bits per heavy atom. The number of allylic oxidation sites excluding steroid dienone is 5. The van der Waals surface area contributed by atoms with Gasteiger partial charge < -0.3 is 15.3 Å². The molecule has 3 heteroatoms. The number of phenolic OH excluding ortho intramolecular Hbond substituents is 2. The summed E-state index contributed by atoms with van der Waals surface area (Å²) in [7, 11) is 0. The maximum atomic E-state index is 9.72. The lowest BCUT2D eigenvalue weighted by molar-refractivity contribution is 0.198. The highest BCUT2D eigenvalue weighted by Gasteiger charge is 2.04. The van der Waals surface area contributed by atoms with Crippen molar-refractivity contribution in [2.75, 3.05) is 0 Å². The minimum absolute atomic E-state index is 0.0229. The molecule has 1 aromatic rings.